The fraction of sp³-hybridized carbons (Fsp3) is 0.720. The molecule has 0 saturated heterocycles. The zero-order valence-electron chi connectivity index (χ0n) is 19.2. The molecule has 0 amide bonds. The van der Waals surface area contributed by atoms with E-state index in [1.165, 1.54) is 0 Å². The number of allylic oxidation sites excluding steroid dienone is 4. The number of ether oxygens (including phenoxy) is 1. The van der Waals surface area contributed by atoms with E-state index < -0.39 is 39.6 Å². The van der Waals surface area contributed by atoms with Crippen LogP contribution in [0.3, 0.4) is 0 Å². The van der Waals surface area contributed by atoms with Crippen LogP contribution < -0.4 is 0 Å². The van der Waals surface area contributed by atoms with Gasteiger partial charge in [0.1, 0.15) is 6.01 Å². The summed E-state index contributed by atoms with van der Waals surface area (Å²) in [7, 11) is 0. The number of carbonyl (C=O) groups excluding carboxylic acids is 3. The lowest BCUT2D eigenvalue weighted by molar-refractivity contribution is -0.199. The molecule has 0 unspecified atom stereocenters. The highest BCUT2D eigenvalue weighted by Gasteiger charge is 2.73. The lowest BCUT2D eigenvalue weighted by Gasteiger charge is -2.59. The molecule has 0 aliphatic heterocycles. The fourth-order valence-electron chi connectivity index (χ4n) is 7.75. The van der Waals surface area contributed by atoms with Gasteiger partial charge in [0.05, 0.1) is 6.10 Å². The van der Waals surface area contributed by atoms with Gasteiger partial charge in [0.2, 0.25) is 5.12 Å². The number of esters is 1. The molecule has 0 radical (unpaired) electrons. The van der Waals surface area contributed by atoms with E-state index in [-0.39, 0.29) is 35.9 Å². The maximum absolute atomic E-state index is 13.4. The standard InChI is InChI=1S/C25H33FO5S/c1-5-20(29)31-25(22(30)32-13-26)14(2)10-18-17-7-6-15-11-16(27)8-9-23(15,3)21(17)19(28)12-24(18,25)4/h8-9,11,14,17-19,21,28H,5-7,10,12-13H2,1-4H3/t14-,17-,18-,19-,21+,23-,24-,25-/m0/s1. The third-order valence-corrected chi connectivity index (χ3v) is 9.76. The van der Waals surface area contributed by atoms with Gasteiger partial charge in [-0.15, -0.1) is 0 Å². The first-order valence-corrected chi connectivity index (χ1v) is 12.6. The number of aliphatic hydroxyl groups excluding tert-OH is 1. The monoisotopic (exact) mass is 464 g/mol. The Labute approximate surface area is 193 Å². The molecule has 4 rings (SSSR count). The number of ketones is 1. The van der Waals surface area contributed by atoms with Crippen molar-refractivity contribution in [1.29, 1.82) is 0 Å². The van der Waals surface area contributed by atoms with E-state index in [4.69, 9.17) is 4.74 Å². The first-order chi connectivity index (χ1) is 15.0. The van der Waals surface area contributed by atoms with Crippen molar-refractivity contribution in [2.24, 2.45) is 34.5 Å². The quantitative estimate of drug-likeness (QED) is 0.622. The van der Waals surface area contributed by atoms with Crippen LogP contribution in [-0.2, 0) is 19.1 Å². The van der Waals surface area contributed by atoms with Gasteiger partial charge in [-0.1, -0.05) is 39.3 Å². The van der Waals surface area contributed by atoms with Gasteiger partial charge in [0.25, 0.3) is 0 Å². The maximum atomic E-state index is 13.4. The third-order valence-electron chi connectivity index (χ3n) is 9.09. The Morgan fingerprint density at radius 2 is 2.06 bits per heavy atom. The number of hydrogen-bond donors (Lipinski definition) is 1. The van der Waals surface area contributed by atoms with E-state index >= 15 is 0 Å². The summed E-state index contributed by atoms with van der Waals surface area (Å²) in [5, 5.41) is 11.1. The fourth-order valence-corrected chi connectivity index (χ4v) is 8.54. The molecule has 0 heterocycles. The van der Waals surface area contributed by atoms with Gasteiger partial charge in [0, 0.05) is 29.1 Å². The lowest BCUT2D eigenvalue weighted by Crippen LogP contribution is -2.63. The first kappa shape index (κ1) is 23.7. The van der Waals surface area contributed by atoms with Crippen molar-refractivity contribution >= 4 is 28.6 Å². The summed E-state index contributed by atoms with van der Waals surface area (Å²) in [6.45, 7) is 7.64. The maximum Gasteiger partial charge on any atom is 0.306 e. The van der Waals surface area contributed by atoms with Crippen LogP contribution in [0.15, 0.2) is 23.8 Å². The van der Waals surface area contributed by atoms with Crippen LogP contribution >= 0.6 is 11.8 Å². The van der Waals surface area contributed by atoms with Crippen molar-refractivity contribution in [3.8, 4) is 0 Å². The summed E-state index contributed by atoms with van der Waals surface area (Å²) < 4.78 is 19.3. The van der Waals surface area contributed by atoms with Crippen molar-refractivity contribution in [1.82, 2.24) is 0 Å². The number of rotatable bonds is 4. The van der Waals surface area contributed by atoms with Crippen LogP contribution in [0.2, 0.25) is 0 Å². The van der Waals surface area contributed by atoms with Gasteiger partial charge in [0.15, 0.2) is 11.4 Å². The predicted octanol–water partition coefficient (Wildman–Crippen LogP) is 4.39. The van der Waals surface area contributed by atoms with Gasteiger partial charge in [-0.25, -0.2) is 4.39 Å². The molecular formula is C25H33FO5S. The lowest BCUT2D eigenvalue weighted by atomic mass is 9.46. The Balaban J connectivity index is 1.79. The second-order valence-corrected chi connectivity index (χ2v) is 11.3. The molecule has 4 aliphatic carbocycles. The largest absolute Gasteiger partial charge is 0.449 e. The van der Waals surface area contributed by atoms with Gasteiger partial charge in [-0.2, -0.15) is 0 Å². The van der Waals surface area contributed by atoms with Gasteiger partial charge in [-0.05, 0) is 61.4 Å². The second-order valence-electron chi connectivity index (χ2n) is 10.5. The number of aliphatic hydroxyl groups is 1. The Morgan fingerprint density at radius 3 is 2.72 bits per heavy atom. The van der Waals surface area contributed by atoms with E-state index in [0.717, 1.165) is 18.4 Å². The molecule has 5 nitrogen and oxygen atoms in total. The average molecular weight is 465 g/mol. The molecule has 176 valence electrons. The molecular weight excluding hydrogens is 431 g/mol. The van der Waals surface area contributed by atoms with Crippen LogP contribution in [0.25, 0.3) is 0 Å². The zero-order chi connectivity index (χ0) is 23.5. The van der Waals surface area contributed by atoms with Crippen LogP contribution in [0.1, 0.15) is 59.8 Å². The minimum absolute atomic E-state index is 0.0140. The highest BCUT2D eigenvalue weighted by Crippen LogP contribution is 2.69. The average Bonchev–Trinajstić information content (AvgIpc) is 2.95. The van der Waals surface area contributed by atoms with E-state index in [0.29, 0.717) is 24.6 Å². The molecule has 4 aliphatic rings. The predicted molar refractivity (Wildman–Crippen MR) is 120 cm³/mol. The van der Waals surface area contributed by atoms with Crippen LogP contribution in [0.4, 0.5) is 4.39 Å². The number of halogens is 1. The minimum Gasteiger partial charge on any atom is -0.449 e. The first-order valence-electron chi connectivity index (χ1n) is 11.6. The van der Waals surface area contributed by atoms with Crippen molar-refractivity contribution < 1.29 is 28.6 Å². The summed E-state index contributed by atoms with van der Waals surface area (Å²) in [6.07, 6.45) is 7.18. The third kappa shape index (κ3) is 3.10. The normalized spacial score (nSPS) is 44.9. The molecule has 0 spiro atoms. The number of thioether (sulfide) groups is 1. The van der Waals surface area contributed by atoms with Crippen molar-refractivity contribution in [3.05, 3.63) is 23.8 Å². The Kier molecular flexibility index (Phi) is 5.98. The molecule has 0 aromatic heterocycles. The van der Waals surface area contributed by atoms with Gasteiger partial charge in [-0.3, -0.25) is 14.4 Å². The number of carbonyl (C=O) groups is 3. The highest BCUT2D eigenvalue weighted by atomic mass is 32.2. The summed E-state index contributed by atoms with van der Waals surface area (Å²) in [5.41, 5.74) is -1.59. The molecule has 0 bridgehead atoms. The second kappa shape index (κ2) is 8.08. The van der Waals surface area contributed by atoms with Crippen LogP contribution in [-0.4, -0.2) is 39.7 Å². The number of hydrogen-bond acceptors (Lipinski definition) is 6. The minimum atomic E-state index is -1.46. The number of alkyl halides is 1. The summed E-state index contributed by atoms with van der Waals surface area (Å²) in [6, 6.07) is -0.878. The summed E-state index contributed by atoms with van der Waals surface area (Å²) >= 11 is 0.564. The van der Waals surface area contributed by atoms with Crippen molar-refractivity contribution in [2.45, 2.75) is 71.5 Å². The molecule has 3 fully saturated rings. The summed E-state index contributed by atoms with van der Waals surface area (Å²) in [4.78, 5) is 37.9. The molecule has 32 heavy (non-hydrogen) atoms. The highest BCUT2D eigenvalue weighted by molar-refractivity contribution is 8.13. The SMILES string of the molecule is CCC(=O)O[C@]1(C(=O)SCF)[C@@H](C)C[C@H]2[C@@H]3CCC4=CC(=O)C=C[C@]4(C)[C@H]3[C@@H](O)C[C@@]21C. The number of fused-ring (bicyclic) bond motifs is 5. The molecule has 0 aromatic carbocycles. The van der Waals surface area contributed by atoms with E-state index in [1.807, 2.05) is 19.9 Å². The Bertz CT molecular complexity index is 899. The molecule has 7 heteroatoms. The van der Waals surface area contributed by atoms with Gasteiger partial charge >= 0.3 is 5.97 Å². The molecule has 1 N–H and O–H groups in total. The Morgan fingerprint density at radius 1 is 1.34 bits per heavy atom. The van der Waals surface area contributed by atoms with E-state index in [9.17, 15) is 23.9 Å². The van der Waals surface area contributed by atoms with Gasteiger partial charge < -0.3 is 9.84 Å². The van der Waals surface area contributed by atoms with E-state index in [1.54, 1.807) is 19.1 Å². The van der Waals surface area contributed by atoms with Crippen molar-refractivity contribution in [2.75, 3.05) is 6.01 Å². The van der Waals surface area contributed by atoms with Crippen LogP contribution in [0, 0.1) is 34.5 Å². The zero-order valence-corrected chi connectivity index (χ0v) is 20.0. The van der Waals surface area contributed by atoms with Crippen LogP contribution in [0.5, 0.6) is 0 Å². The molecule has 0 aromatic rings. The Hall–Kier alpha value is -1.47. The smallest absolute Gasteiger partial charge is 0.306 e. The topological polar surface area (TPSA) is 80.7 Å². The molecule has 8 atom stereocenters. The van der Waals surface area contributed by atoms with Crippen molar-refractivity contribution in [3.63, 3.8) is 0 Å². The molecule has 3 saturated carbocycles. The van der Waals surface area contributed by atoms with E-state index in [2.05, 4.69) is 6.92 Å². The summed E-state index contributed by atoms with van der Waals surface area (Å²) in [5.74, 6) is -0.698.